The standard InChI is InChI=1S/C14H22/c1-3-5-6-10-14-12-8-7-11-13(14)9-4-2/h7-8,11-12H,3-6,9-10H2,1-2H3. The largest absolute Gasteiger partial charge is 0.0654 e. The lowest BCUT2D eigenvalue weighted by molar-refractivity contribution is 0.711. The molecule has 0 unspecified atom stereocenters. The van der Waals surface area contributed by atoms with Crippen LogP contribution in [0.2, 0.25) is 0 Å². The highest BCUT2D eigenvalue weighted by atomic mass is 14.0. The smallest absolute Gasteiger partial charge is 0.0276 e. The molecule has 0 amide bonds. The first kappa shape index (κ1) is 11.3. The van der Waals surface area contributed by atoms with Crippen LogP contribution in [0.3, 0.4) is 0 Å². The SMILES string of the molecule is CCCCCc1ccccc1CCC. The first-order chi connectivity index (χ1) is 6.88. The third kappa shape index (κ3) is 3.53. The Labute approximate surface area is 88.4 Å². The van der Waals surface area contributed by atoms with Crippen molar-refractivity contribution in [1.82, 2.24) is 0 Å². The van der Waals surface area contributed by atoms with Gasteiger partial charge in [-0.05, 0) is 30.4 Å². The molecule has 0 bridgehead atoms. The lowest BCUT2D eigenvalue weighted by Crippen LogP contribution is -1.93. The van der Waals surface area contributed by atoms with Crippen molar-refractivity contribution in [2.75, 3.05) is 0 Å². The Morgan fingerprint density at radius 1 is 0.786 bits per heavy atom. The molecule has 0 fully saturated rings. The van der Waals surface area contributed by atoms with Gasteiger partial charge in [0.05, 0.1) is 0 Å². The monoisotopic (exact) mass is 190 g/mol. The van der Waals surface area contributed by atoms with Crippen molar-refractivity contribution in [3.8, 4) is 0 Å². The molecule has 0 aliphatic heterocycles. The molecular formula is C14H22. The fourth-order valence-corrected chi connectivity index (χ4v) is 1.88. The van der Waals surface area contributed by atoms with Crippen LogP contribution in [0.25, 0.3) is 0 Å². The molecule has 0 aliphatic carbocycles. The van der Waals surface area contributed by atoms with E-state index in [0.29, 0.717) is 0 Å². The van der Waals surface area contributed by atoms with E-state index in [1.54, 1.807) is 11.1 Å². The molecule has 0 aromatic heterocycles. The number of hydrogen-bond acceptors (Lipinski definition) is 0. The van der Waals surface area contributed by atoms with Gasteiger partial charge < -0.3 is 0 Å². The summed E-state index contributed by atoms with van der Waals surface area (Å²) in [6.45, 7) is 4.51. The summed E-state index contributed by atoms with van der Waals surface area (Å²) in [5, 5.41) is 0. The molecule has 1 rings (SSSR count). The van der Waals surface area contributed by atoms with E-state index in [1.165, 1.54) is 38.5 Å². The molecule has 0 N–H and O–H groups in total. The fourth-order valence-electron chi connectivity index (χ4n) is 1.88. The molecule has 1 aromatic rings. The molecule has 0 nitrogen and oxygen atoms in total. The zero-order valence-corrected chi connectivity index (χ0v) is 9.55. The van der Waals surface area contributed by atoms with Crippen LogP contribution in [0, 0.1) is 0 Å². The second-order valence-corrected chi connectivity index (χ2v) is 3.98. The van der Waals surface area contributed by atoms with Crippen molar-refractivity contribution in [2.24, 2.45) is 0 Å². The van der Waals surface area contributed by atoms with Gasteiger partial charge in [0.1, 0.15) is 0 Å². The Morgan fingerprint density at radius 3 is 2.00 bits per heavy atom. The van der Waals surface area contributed by atoms with Gasteiger partial charge in [-0.25, -0.2) is 0 Å². The Morgan fingerprint density at radius 2 is 1.43 bits per heavy atom. The number of hydrogen-bond donors (Lipinski definition) is 0. The normalized spacial score (nSPS) is 10.4. The van der Waals surface area contributed by atoms with E-state index >= 15 is 0 Å². The van der Waals surface area contributed by atoms with E-state index in [0.717, 1.165) is 0 Å². The van der Waals surface area contributed by atoms with Gasteiger partial charge in [0, 0.05) is 0 Å². The van der Waals surface area contributed by atoms with Crippen LogP contribution in [0.5, 0.6) is 0 Å². The van der Waals surface area contributed by atoms with Gasteiger partial charge in [0.2, 0.25) is 0 Å². The Kier molecular flexibility index (Phi) is 5.36. The predicted molar refractivity (Wildman–Crippen MR) is 63.7 cm³/mol. The minimum atomic E-state index is 1.24. The highest BCUT2D eigenvalue weighted by Crippen LogP contribution is 2.14. The van der Waals surface area contributed by atoms with Gasteiger partial charge >= 0.3 is 0 Å². The van der Waals surface area contributed by atoms with Gasteiger partial charge in [-0.15, -0.1) is 0 Å². The highest BCUT2D eigenvalue weighted by molar-refractivity contribution is 5.27. The number of benzene rings is 1. The summed E-state index contributed by atoms with van der Waals surface area (Å²) in [7, 11) is 0. The lowest BCUT2D eigenvalue weighted by atomic mass is 9.98. The molecule has 0 spiro atoms. The van der Waals surface area contributed by atoms with Gasteiger partial charge in [-0.1, -0.05) is 57.4 Å². The van der Waals surface area contributed by atoms with Crippen LogP contribution in [-0.4, -0.2) is 0 Å². The van der Waals surface area contributed by atoms with Crippen LogP contribution in [-0.2, 0) is 12.8 Å². The van der Waals surface area contributed by atoms with Gasteiger partial charge in [-0.2, -0.15) is 0 Å². The van der Waals surface area contributed by atoms with Crippen molar-refractivity contribution in [3.05, 3.63) is 35.4 Å². The van der Waals surface area contributed by atoms with E-state index < -0.39 is 0 Å². The van der Waals surface area contributed by atoms with Crippen LogP contribution >= 0.6 is 0 Å². The summed E-state index contributed by atoms with van der Waals surface area (Å²) < 4.78 is 0. The highest BCUT2D eigenvalue weighted by Gasteiger charge is 1.99. The fraction of sp³-hybridized carbons (Fsp3) is 0.571. The number of aryl methyl sites for hydroxylation is 2. The molecule has 0 radical (unpaired) electrons. The Balaban J connectivity index is 2.55. The van der Waals surface area contributed by atoms with E-state index in [2.05, 4.69) is 38.1 Å². The summed E-state index contributed by atoms with van der Waals surface area (Å²) in [4.78, 5) is 0. The van der Waals surface area contributed by atoms with Gasteiger partial charge in [0.25, 0.3) is 0 Å². The van der Waals surface area contributed by atoms with E-state index in [1.807, 2.05) is 0 Å². The van der Waals surface area contributed by atoms with Crippen LogP contribution in [0.1, 0.15) is 50.7 Å². The zero-order chi connectivity index (χ0) is 10.2. The molecule has 0 saturated heterocycles. The van der Waals surface area contributed by atoms with Crippen molar-refractivity contribution in [2.45, 2.75) is 52.4 Å². The van der Waals surface area contributed by atoms with Crippen molar-refractivity contribution in [3.63, 3.8) is 0 Å². The first-order valence-corrected chi connectivity index (χ1v) is 5.95. The Bertz CT molecular complexity index is 250. The summed E-state index contributed by atoms with van der Waals surface area (Å²) in [6, 6.07) is 8.90. The summed E-state index contributed by atoms with van der Waals surface area (Å²) >= 11 is 0. The molecule has 0 heteroatoms. The molecule has 14 heavy (non-hydrogen) atoms. The maximum absolute atomic E-state index is 2.29. The third-order valence-corrected chi connectivity index (χ3v) is 2.69. The molecule has 0 aliphatic rings. The van der Waals surface area contributed by atoms with E-state index in [9.17, 15) is 0 Å². The number of rotatable bonds is 6. The topological polar surface area (TPSA) is 0 Å². The van der Waals surface area contributed by atoms with Crippen molar-refractivity contribution >= 4 is 0 Å². The van der Waals surface area contributed by atoms with Gasteiger partial charge in [-0.3, -0.25) is 0 Å². The molecule has 78 valence electrons. The van der Waals surface area contributed by atoms with Crippen molar-refractivity contribution < 1.29 is 0 Å². The van der Waals surface area contributed by atoms with Crippen molar-refractivity contribution in [1.29, 1.82) is 0 Å². The molecular weight excluding hydrogens is 168 g/mol. The minimum absolute atomic E-state index is 1.24. The first-order valence-electron chi connectivity index (χ1n) is 5.95. The van der Waals surface area contributed by atoms with Gasteiger partial charge in [0.15, 0.2) is 0 Å². The molecule has 1 aromatic carbocycles. The number of unbranched alkanes of at least 4 members (excludes halogenated alkanes) is 2. The molecule has 0 heterocycles. The van der Waals surface area contributed by atoms with Crippen LogP contribution in [0.15, 0.2) is 24.3 Å². The minimum Gasteiger partial charge on any atom is -0.0654 e. The third-order valence-electron chi connectivity index (χ3n) is 2.69. The van der Waals surface area contributed by atoms with E-state index in [4.69, 9.17) is 0 Å². The lowest BCUT2D eigenvalue weighted by Gasteiger charge is -2.07. The molecule has 0 atom stereocenters. The van der Waals surface area contributed by atoms with Crippen LogP contribution < -0.4 is 0 Å². The predicted octanol–water partition coefficient (Wildman–Crippen LogP) is 4.37. The summed E-state index contributed by atoms with van der Waals surface area (Å²) in [5.74, 6) is 0. The quantitative estimate of drug-likeness (QED) is 0.584. The average molecular weight is 190 g/mol. The Hall–Kier alpha value is -0.780. The summed E-state index contributed by atoms with van der Waals surface area (Å²) in [5.41, 5.74) is 3.13. The average Bonchev–Trinajstić information content (AvgIpc) is 2.21. The molecule has 0 saturated carbocycles. The summed E-state index contributed by atoms with van der Waals surface area (Å²) in [6.07, 6.45) is 7.78. The second kappa shape index (κ2) is 6.64. The van der Waals surface area contributed by atoms with E-state index in [-0.39, 0.29) is 0 Å². The maximum atomic E-state index is 2.29. The van der Waals surface area contributed by atoms with Crippen LogP contribution in [0.4, 0.5) is 0 Å². The maximum Gasteiger partial charge on any atom is -0.0276 e. The second-order valence-electron chi connectivity index (χ2n) is 3.98. The zero-order valence-electron chi connectivity index (χ0n) is 9.55.